The van der Waals surface area contributed by atoms with Gasteiger partial charge in [-0.3, -0.25) is 0 Å². The van der Waals surface area contributed by atoms with Gasteiger partial charge in [0.05, 0.1) is 0 Å². The molecule has 0 radical (unpaired) electrons. The molecule has 0 heterocycles. The van der Waals surface area contributed by atoms with Crippen LogP contribution in [0.5, 0.6) is 0 Å². The molecular weight excluding hydrogens is 200 g/mol. The molecule has 13 heavy (non-hydrogen) atoms. The summed E-state index contributed by atoms with van der Waals surface area (Å²) in [4.78, 5) is 0. The maximum atomic E-state index is 5.46. The van der Waals surface area contributed by atoms with E-state index in [4.69, 9.17) is 9.47 Å². The molecule has 0 spiro atoms. The minimum atomic E-state index is 0.0134. The third kappa shape index (κ3) is 8.81. The van der Waals surface area contributed by atoms with E-state index in [1.165, 1.54) is 12.5 Å². The van der Waals surface area contributed by atoms with Crippen molar-refractivity contribution >= 4 is 22.1 Å². The second kappa shape index (κ2) is 10.6. The van der Waals surface area contributed by atoms with Crippen LogP contribution < -0.4 is 0 Å². The van der Waals surface area contributed by atoms with Crippen molar-refractivity contribution in [1.29, 1.82) is 0 Å². The average molecular weight is 222 g/mol. The Bertz CT molecular complexity index is 97.6. The molecule has 0 fully saturated rings. The third-order valence-corrected chi connectivity index (χ3v) is 4.00. The first-order chi connectivity index (χ1) is 6.35. The summed E-state index contributed by atoms with van der Waals surface area (Å²) in [6, 6.07) is 2.51. The van der Waals surface area contributed by atoms with Gasteiger partial charge in [0.15, 0.2) is 6.29 Å². The lowest BCUT2D eigenvalue weighted by Gasteiger charge is -2.16. The summed E-state index contributed by atoms with van der Waals surface area (Å²) < 4.78 is 10.9. The van der Waals surface area contributed by atoms with Gasteiger partial charge in [-0.15, -0.1) is 0 Å². The molecule has 0 bridgehead atoms. The predicted molar refractivity (Wildman–Crippen MR) is 63.7 cm³/mol. The smallest absolute Gasteiger partial charge is 0.154 e. The molecule has 0 aromatic rings. The number of thiol groups is 1. The number of ether oxygens (including phenoxy) is 2. The molecule has 2 nitrogen and oxygen atoms in total. The summed E-state index contributed by atoms with van der Waals surface area (Å²) in [5.74, 6) is 1.01. The molecule has 0 amide bonds. The molecule has 0 aromatic heterocycles. The Balaban J connectivity index is 3.33. The fourth-order valence-corrected chi connectivity index (χ4v) is 3.39. The summed E-state index contributed by atoms with van der Waals surface area (Å²) in [5, 5.41) is 0. The van der Waals surface area contributed by atoms with Crippen LogP contribution in [-0.4, -0.2) is 34.8 Å². The van der Waals surface area contributed by atoms with E-state index >= 15 is 0 Å². The standard InChI is InChI=1S/C9H22O2SSi/c1-3-10-9(11-4-2)8-13-7-5-6-12/h9,12H,3-8,13H2,1-2H3. The zero-order chi connectivity index (χ0) is 9.94. The summed E-state index contributed by atoms with van der Waals surface area (Å²) in [5.41, 5.74) is 0. The zero-order valence-electron chi connectivity index (χ0n) is 8.79. The molecule has 0 saturated heterocycles. The van der Waals surface area contributed by atoms with Gasteiger partial charge in [-0.2, -0.15) is 12.6 Å². The van der Waals surface area contributed by atoms with E-state index < -0.39 is 0 Å². The lowest BCUT2D eigenvalue weighted by molar-refractivity contribution is -0.123. The average Bonchev–Trinajstić information content (AvgIpc) is 2.13. The fraction of sp³-hybridized carbons (Fsp3) is 1.00. The molecule has 4 heteroatoms. The number of hydrogen-bond acceptors (Lipinski definition) is 3. The maximum absolute atomic E-state index is 5.46. The molecular formula is C9H22O2SSi. The highest BCUT2D eigenvalue weighted by atomic mass is 32.1. The second-order valence-electron chi connectivity index (χ2n) is 2.91. The summed E-state index contributed by atoms with van der Waals surface area (Å²) in [6.07, 6.45) is 1.32. The van der Waals surface area contributed by atoms with Gasteiger partial charge in [-0.1, -0.05) is 6.04 Å². The first-order valence-electron chi connectivity index (χ1n) is 5.19. The van der Waals surface area contributed by atoms with Gasteiger partial charge >= 0.3 is 0 Å². The van der Waals surface area contributed by atoms with Crippen molar-refractivity contribution in [2.75, 3.05) is 19.0 Å². The summed E-state index contributed by atoms with van der Waals surface area (Å²) in [6.45, 7) is 5.54. The van der Waals surface area contributed by atoms with Gasteiger partial charge in [0.25, 0.3) is 0 Å². The normalized spacial score (nSPS) is 12.0. The van der Waals surface area contributed by atoms with Crippen LogP contribution in [0.15, 0.2) is 0 Å². The lowest BCUT2D eigenvalue weighted by Crippen LogP contribution is -2.18. The van der Waals surface area contributed by atoms with Crippen molar-refractivity contribution < 1.29 is 9.47 Å². The largest absolute Gasteiger partial charge is 0.353 e. The van der Waals surface area contributed by atoms with E-state index in [0.717, 1.165) is 25.0 Å². The first kappa shape index (κ1) is 13.5. The topological polar surface area (TPSA) is 18.5 Å². The van der Waals surface area contributed by atoms with Gasteiger partial charge < -0.3 is 9.47 Å². The van der Waals surface area contributed by atoms with Crippen LogP contribution in [0.3, 0.4) is 0 Å². The van der Waals surface area contributed by atoms with E-state index in [-0.39, 0.29) is 15.8 Å². The number of rotatable bonds is 9. The van der Waals surface area contributed by atoms with E-state index in [1.807, 2.05) is 13.8 Å². The second-order valence-corrected chi connectivity index (χ2v) is 5.35. The SMILES string of the molecule is CCOC(C[SiH2]CCCS)OCC. The molecule has 0 N–H and O–H groups in total. The van der Waals surface area contributed by atoms with Gasteiger partial charge in [0.2, 0.25) is 0 Å². The van der Waals surface area contributed by atoms with Crippen LogP contribution >= 0.6 is 12.6 Å². The van der Waals surface area contributed by atoms with Crippen LogP contribution in [0.2, 0.25) is 12.1 Å². The van der Waals surface area contributed by atoms with E-state index in [1.54, 1.807) is 0 Å². The van der Waals surface area contributed by atoms with Crippen LogP contribution in [0.25, 0.3) is 0 Å². The van der Waals surface area contributed by atoms with E-state index in [0.29, 0.717) is 0 Å². The lowest BCUT2D eigenvalue weighted by atomic mass is 10.6. The Morgan fingerprint density at radius 1 is 1.23 bits per heavy atom. The summed E-state index contributed by atoms with van der Waals surface area (Å²) in [7, 11) is 0.0134. The Morgan fingerprint density at radius 3 is 2.31 bits per heavy atom. The quantitative estimate of drug-likeness (QED) is 0.277. The Labute approximate surface area is 89.6 Å². The highest BCUT2D eigenvalue weighted by Crippen LogP contribution is 2.04. The minimum absolute atomic E-state index is 0.0134. The van der Waals surface area contributed by atoms with Crippen LogP contribution in [0.1, 0.15) is 20.3 Å². The Morgan fingerprint density at radius 2 is 1.85 bits per heavy atom. The van der Waals surface area contributed by atoms with Crippen LogP contribution in [-0.2, 0) is 9.47 Å². The highest BCUT2D eigenvalue weighted by molar-refractivity contribution is 7.80. The molecule has 0 aliphatic carbocycles. The van der Waals surface area contributed by atoms with Gasteiger partial charge in [-0.25, -0.2) is 0 Å². The monoisotopic (exact) mass is 222 g/mol. The van der Waals surface area contributed by atoms with Crippen molar-refractivity contribution in [3.05, 3.63) is 0 Å². The van der Waals surface area contributed by atoms with Crippen LogP contribution in [0, 0.1) is 0 Å². The molecule has 0 saturated carbocycles. The number of hydrogen-bond donors (Lipinski definition) is 1. The fourth-order valence-electron chi connectivity index (χ4n) is 1.19. The van der Waals surface area contributed by atoms with Gasteiger partial charge in [0.1, 0.15) is 0 Å². The summed E-state index contributed by atoms with van der Waals surface area (Å²) >= 11 is 4.19. The minimum Gasteiger partial charge on any atom is -0.353 e. The molecule has 80 valence electrons. The third-order valence-electron chi connectivity index (χ3n) is 1.80. The molecule has 0 aromatic carbocycles. The first-order valence-corrected chi connectivity index (χ1v) is 7.82. The predicted octanol–water partition coefficient (Wildman–Crippen LogP) is 1.71. The Kier molecular flexibility index (Phi) is 11.0. The van der Waals surface area contributed by atoms with E-state index in [2.05, 4.69) is 12.6 Å². The maximum Gasteiger partial charge on any atom is 0.154 e. The molecule has 0 atom stereocenters. The van der Waals surface area contributed by atoms with Gasteiger partial charge in [-0.05, 0) is 32.1 Å². The zero-order valence-corrected chi connectivity index (χ0v) is 11.1. The van der Waals surface area contributed by atoms with Crippen molar-refractivity contribution in [2.45, 2.75) is 38.6 Å². The van der Waals surface area contributed by atoms with Crippen molar-refractivity contribution in [1.82, 2.24) is 0 Å². The highest BCUT2D eigenvalue weighted by Gasteiger charge is 2.06. The molecule has 0 aliphatic rings. The molecule has 0 aliphatic heterocycles. The molecule has 0 unspecified atom stereocenters. The van der Waals surface area contributed by atoms with Crippen molar-refractivity contribution in [3.8, 4) is 0 Å². The Hall–Kier alpha value is 0.487. The van der Waals surface area contributed by atoms with Crippen molar-refractivity contribution in [3.63, 3.8) is 0 Å². The van der Waals surface area contributed by atoms with Gasteiger partial charge in [0, 0.05) is 22.7 Å². The van der Waals surface area contributed by atoms with Crippen LogP contribution in [0.4, 0.5) is 0 Å². The van der Waals surface area contributed by atoms with Crippen molar-refractivity contribution in [2.24, 2.45) is 0 Å². The molecule has 0 rings (SSSR count). The van der Waals surface area contributed by atoms with E-state index in [9.17, 15) is 0 Å².